The Bertz CT molecular complexity index is 526. The van der Waals surface area contributed by atoms with E-state index in [1.807, 2.05) is 23.1 Å². The Kier molecular flexibility index (Phi) is 5.75. The molecule has 6 heteroatoms. The molecule has 0 bridgehead atoms. The Hall–Kier alpha value is -1.30. The first-order valence-corrected chi connectivity index (χ1v) is 8.58. The Labute approximate surface area is 141 Å². The maximum atomic E-state index is 12.2. The van der Waals surface area contributed by atoms with Gasteiger partial charge in [0.2, 0.25) is 0 Å². The van der Waals surface area contributed by atoms with Crippen LogP contribution in [0.2, 0.25) is 5.02 Å². The normalized spacial score (nSPS) is 22.8. The van der Waals surface area contributed by atoms with E-state index in [0.717, 1.165) is 31.0 Å². The van der Waals surface area contributed by atoms with Crippen LogP contribution in [0.4, 0.5) is 4.79 Å². The summed E-state index contributed by atoms with van der Waals surface area (Å²) in [5, 5.41) is 3.72. The van der Waals surface area contributed by atoms with Crippen molar-refractivity contribution >= 4 is 17.6 Å². The monoisotopic (exact) mass is 338 g/mol. The van der Waals surface area contributed by atoms with Gasteiger partial charge in [0, 0.05) is 24.7 Å². The summed E-state index contributed by atoms with van der Waals surface area (Å²) in [5.74, 6) is 0.479. The van der Waals surface area contributed by atoms with Crippen molar-refractivity contribution in [2.24, 2.45) is 0 Å². The Morgan fingerprint density at radius 3 is 2.83 bits per heavy atom. The average Bonchev–Trinajstić information content (AvgIpc) is 2.61. The van der Waals surface area contributed by atoms with Gasteiger partial charge in [-0.25, -0.2) is 4.79 Å². The van der Waals surface area contributed by atoms with Crippen molar-refractivity contribution in [3.8, 4) is 0 Å². The van der Waals surface area contributed by atoms with E-state index in [0.29, 0.717) is 32.3 Å². The fourth-order valence-electron chi connectivity index (χ4n) is 3.14. The third-order valence-corrected chi connectivity index (χ3v) is 4.70. The van der Waals surface area contributed by atoms with Crippen molar-refractivity contribution in [3.63, 3.8) is 0 Å². The number of carbonyl (C=O) groups is 1. The zero-order chi connectivity index (χ0) is 16.1. The van der Waals surface area contributed by atoms with Crippen LogP contribution in [-0.4, -0.2) is 56.5 Å². The fourth-order valence-corrected chi connectivity index (χ4v) is 3.34. The summed E-state index contributed by atoms with van der Waals surface area (Å²) in [7, 11) is 0. The summed E-state index contributed by atoms with van der Waals surface area (Å²) in [5.41, 5.74) is 1.27. The molecule has 2 aliphatic heterocycles. The SMILES string of the molecule is O=C(NC[C@@H]1COCCO1)N1CCC(c2cccc(Cl)c2)CC1. The molecule has 2 amide bonds. The number of benzene rings is 1. The van der Waals surface area contributed by atoms with E-state index in [2.05, 4.69) is 11.4 Å². The summed E-state index contributed by atoms with van der Waals surface area (Å²) in [6.07, 6.45) is 1.91. The number of hydrogen-bond donors (Lipinski definition) is 1. The van der Waals surface area contributed by atoms with Crippen molar-refractivity contribution in [2.75, 3.05) is 39.5 Å². The molecule has 0 aliphatic carbocycles. The number of carbonyl (C=O) groups excluding carboxylic acids is 1. The van der Waals surface area contributed by atoms with E-state index in [1.54, 1.807) is 0 Å². The minimum Gasteiger partial charge on any atom is -0.376 e. The van der Waals surface area contributed by atoms with Gasteiger partial charge in [-0.3, -0.25) is 0 Å². The van der Waals surface area contributed by atoms with E-state index in [1.165, 1.54) is 5.56 Å². The van der Waals surface area contributed by atoms with Crippen LogP contribution in [0.25, 0.3) is 0 Å². The first-order chi connectivity index (χ1) is 11.2. The van der Waals surface area contributed by atoms with Gasteiger partial charge in [-0.2, -0.15) is 0 Å². The molecule has 0 radical (unpaired) electrons. The van der Waals surface area contributed by atoms with Crippen LogP contribution >= 0.6 is 11.6 Å². The number of nitrogens with zero attached hydrogens (tertiary/aromatic N) is 1. The predicted molar refractivity (Wildman–Crippen MR) is 89.0 cm³/mol. The average molecular weight is 339 g/mol. The van der Waals surface area contributed by atoms with E-state index >= 15 is 0 Å². The highest BCUT2D eigenvalue weighted by atomic mass is 35.5. The van der Waals surface area contributed by atoms with Crippen LogP contribution in [0, 0.1) is 0 Å². The molecular weight excluding hydrogens is 316 g/mol. The molecule has 2 fully saturated rings. The third-order valence-electron chi connectivity index (χ3n) is 4.47. The number of nitrogens with one attached hydrogen (secondary N) is 1. The fraction of sp³-hybridized carbons (Fsp3) is 0.588. The maximum Gasteiger partial charge on any atom is 0.317 e. The minimum atomic E-state index is -0.0308. The highest BCUT2D eigenvalue weighted by Gasteiger charge is 2.24. The standard InChI is InChI=1S/C17H23ClN2O3/c18-15-3-1-2-14(10-15)13-4-6-20(7-5-13)17(21)19-11-16-12-22-8-9-23-16/h1-3,10,13,16H,4-9,11-12H2,(H,19,21)/t16-/m1/s1. The van der Waals surface area contributed by atoms with Gasteiger partial charge in [-0.1, -0.05) is 23.7 Å². The molecule has 5 nitrogen and oxygen atoms in total. The van der Waals surface area contributed by atoms with Gasteiger partial charge in [0.25, 0.3) is 0 Å². The molecule has 3 rings (SSSR count). The number of rotatable bonds is 3. The number of likely N-dealkylation sites (tertiary alicyclic amines) is 1. The number of piperidine rings is 1. The van der Waals surface area contributed by atoms with Crippen molar-refractivity contribution in [1.82, 2.24) is 10.2 Å². The zero-order valence-corrected chi connectivity index (χ0v) is 13.9. The van der Waals surface area contributed by atoms with Gasteiger partial charge in [-0.15, -0.1) is 0 Å². The summed E-state index contributed by atoms with van der Waals surface area (Å²) < 4.78 is 10.9. The molecule has 0 unspecified atom stereocenters. The molecule has 23 heavy (non-hydrogen) atoms. The molecular formula is C17H23ClN2O3. The second kappa shape index (κ2) is 7.99. The molecule has 2 heterocycles. The van der Waals surface area contributed by atoms with Crippen LogP contribution in [0.3, 0.4) is 0 Å². The smallest absolute Gasteiger partial charge is 0.317 e. The Morgan fingerprint density at radius 2 is 2.13 bits per heavy atom. The maximum absolute atomic E-state index is 12.2. The second-order valence-electron chi connectivity index (χ2n) is 6.07. The molecule has 2 saturated heterocycles. The molecule has 0 saturated carbocycles. The van der Waals surface area contributed by atoms with Crippen LogP contribution in [0.1, 0.15) is 24.3 Å². The van der Waals surface area contributed by atoms with E-state index < -0.39 is 0 Å². The number of hydrogen-bond acceptors (Lipinski definition) is 3. The molecule has 126 valence electrons. The number of halogens is 1. The van der Waals surface area contributed by atoms with E-state index in [4.69, 9.17) is 21.1 Å². The van der Waals surface area contributed by atoms with Crippen molar-refractivity contribution in [1.29, 1.82) is 0 Å². The quantitative estimate of drug-likeness (QED) is 0.921. The first kappa shape index (κ1) is 16.6. The molecule has 2 aliphatic rings. The van der Waals surface area contributed by atoms with Gasteiger partial charge in [0.1, 0.15) is 0 Å². The molecule has 1 N–H and O–H groups in total. The van der Waals surface area contributed by atoms with Crippen LogP contribution in [0.5, 0.6) is 0 Å². The predicted octanol–water partition coefficient (Wildman–Crippen LogP) is 2.64. The van der Waals surface area contributed by atoms with Gasteiger partial charge in [0.05, 0.1) is 25.9 Å². The van der Waals surface area contributed by atoms with Gasteiger partial charge in [-0.05, 0) is 36.5 Å². The van der Waals surface area contributed by atoms with E-state index in [-0.39, 0.29) is 12.1 Å². The van der Waals surface area contributed by atoms with Gasteiger partial charge < -0.3 is 19.7 Å². The highest BCUT2D eigenvalue weighted by Crippen LogP contribution is 2.29. The van der Waals surface area contributed by atoms with E-state index in [9.17, 15) is 4.79 Å². The summed E-state index contributed by atoms with van der Waals surface area (Å²) in [4.78, 5) is 14.1. The number of amides is 2. The van der Waals surface area contributed by atoms with Gasteiger partial charge in [0.15, 0.2) is 0 Å². The lowest BCUT2D eigenvalue weighted by Gasteiger charge is -2.33. The molecule has 1 aromatic rings. The number of ether oxygens (including phenoxy) is 2. The minimum absolute atomic E-state index is 0.0104. The van der Waals surface area contributed by atoms with Crippen molar-refractivity contribution in [3.05, 3.63) is 34.9 Å². The topological polar surface area (TPSA) is 50.8 Å². The number of urea groups is 1. The summed E-state index contributed by atoms with van der Waals surface area (Å²) >= 11 is 6.06. The van der Waals surface area contributed by atoms with Crippen molar-refractivity contribution in [2.45, 2.75) is 24.9 Å². The lowest BCUT2D eigenvalue weighted by atomic mass is 9.89. The Morgan fingerprint density at radius 1 is 1.30 bits per heavy atom. The van der Waals surface area contributed by atoms with Crippen LogP contribution in [-0.2, 0) is 9.47 Å². The zero-order valence-electron chi connectivity index (χ0n) is 13.2. The summed E-state index contributed by atoms with van der Waals surface area (Å²) in [6, 6.07) is 8.02. The van der Waals surface area contributed by atoms with Crippen LogP contribution in [0.15, 0.2) is 24.3 Å². The van der Waals surface area contributed by atoms with Crippen LogP contribution < -0.4 is 5.32 Å². The second-order valence-corrected chi connectivity index (χ2v) is 6.51. The molecule has 1 aromatic carbocycles. The lowest BCUT2D eigenvalue weighted by molar-refractivity contribution is -0.0856. The first-order valence-electron chi connectivity index (χ1n) is 8.20. The largest absolute Gasteiger partial charge is 0.376 e. The molecule has 1 atom stereocenters. The van der Waals surface area contributed by atoms with Crippen molar-refractivity contribution < 1.29 is 14.3 Å². The third kappa shape index (κ3) is 4.59. The lowest BCUT2D eigenvalue weighted by Crippen LogP contribution is -2.47. The summed E-state index contributed by atoms with van der Waals surface area (Å²) in [6.45, 7) is 3.84. The highest BCUT2D eigenvalue weighted by molar-refractivity contribution is 6.30. The van der Waals surface area contributed by atoms with Gasteiger partial charge >= 0.3 is 6.03 Å². The molecule has 0 spiro atoms. The Balaban J connectivity index is 1.43. The molecule has 0 aromatic heterocycles.